The zero-order valence-corrected chi connectivity index (χ0v) is 10.4. The van der Waals surface area contributed by atoms with Crippen LogP contribution in [0.15, 0.2) is 4.52 Å². The molecule has 1 aromatic rings. The van der Waals surface area contributed by atoms with Gasteiger partial charge in [-0.25, -0.2) is 0 Å². The van der Waals surface area contributed by atoms with Gasteiger partial charge in [0.2, 0.25) is 5.89 Å². The molecule has 1 aliphatic heterocycles. The van der Waals surface area contributed by atoms with Gasteiger partial charge in [-0.1, -0.05) is 5.16 Å². The lowest BCUT2D eigenvalue weighted by Crippen LogP contribution is -2.15. The van der Waals surface area contributed by atoms with Crippen LogP contribution in [0.5, 0.6) is 0 Å². The zero-order valence-electron chi connectivity index (χ0n) is 10.4. The lowest BCUT2D eigenvalue weighted by atomic mass is 9.88. The van der Waals surface area contributed by atoms with Crippen molar-refractivity contribution in [2.24, 2.45) is 0 Å². The molecular weight excluding hydrogens is 232 g/mol. The Balaban J connectivity index is 1.67. The van der Waals surface area contributed by atoms with Crippen molar-refractivity contribution < 1.29 is 14.1 Å². The van der Waals surface area contributed by atoms with Gasteiger partial charge in [-0.3, -0.25) is 4.79 Å². The third kappa shape index (κ3) is 2.46. The molecular formula is C13H18N2O3. The smallest absolute Gasteiger partial charge is 0.229 e. The van der Waals surface area contributed by atoms with E-state index < -0.39 is 0 Å². The maximum Gasteiger partial charge on any atom is 0.229 e. The predicted octanol–water partition coefficient (Wildman–Crippen LogP) is 2.19. The summed E-state index contributed by atoms with van der Waals surface area (Å²) in [4.78, 5) is 15.7. The number of rotatable bonds is 2. The van der Waals surface area contributed by atoms with Crippen LogP contribution in [0.2, 0.25) is 0 Å². The minimum Gasteiger partial charge on any atom is -0.381 e. The Morgan fingerprint density at radius 3 is 2.44 bits per heavy atom. The number of nitrogens with zero attached hydrogens (tertiary/aromatic N) is 2. The number of carbonyl (C=O) groups excluding carboxylic acids is 1. The molecule has 1 saturated carbocycles. The van der Waals surface area contributed by atoms with Gasteiger partial charge in [0.05, 0.1) is 0 Å². The van der Waals surface area contributed by atoms with Crippen LogP contribution in [-0.4, -0.2) is 29.1 Å². The molecule has 0 radical (unpaired) electrons. The first-order chi connectivity index (χ1) is 8.83. The second-order valence-corrected chi connectivity index (χ2v) is 5.19. The molecule has 3 rings (SSSR count). The van der Waals surface area contributed by atoms with E-state index in [0.29, 0.717) is 24.5 Å². The van der Waals surface area contributed by atoms with Crippen molar-refractivity contribution in [3.05, 3.63) is 11.7 Å². The van der Waals surface area contributed by atoms with Crippen molar-refractivity contribution in [1.82, 2.24) is 10.1 Å². The van der Waals surface area contributed by atoms with Gasteiger partial charge < -0.3 is 9.26 Å². The number of ketones is 1. The molecule has 0 unspecified atom stereocenters. The van der Waals surface area contributed by atoms with E-state index in [0.717, 1.165) is 50.6 Å². The molecule has 1 saturated heterocycles. The molecule has 0 bridgehead atoms. The van der Waals surface area contributed by atoms with Crippen LogP contribution in [0.4, 0.5) is 0 Å². The Morgan fingerprint density at radius 1 is 1.00 bits per heavy atom. The average molecular weight is 250 g/mol. The number of ether oxygens (including phenoxy) is 1. The van der Waals surface area contributed by atoms with Crippen molar-refractivity contribution in [1.29, 1.82) is 0 Å². The fourth-order valence-electron chi connectivity index (χ4n) is 2.72. The molecule has 1 aliphatic carbocycles. The monoisotopic (exact) mass is 250 g/mol. The van der Waals surface area contributed by atoms with Crippen LogP contribution in [0.25, 0.3) is 0 Å². The minimum atomic E-state index is 0.281. The van der Waals surface area contributed by atoms with Gasteiger partial charge in [0, 0.05) is 37.9 Å². The number of Topliss-reactive ketones (excluding diaryl/α,β-unsaturated/α-hetero) is 1. The molecule has 0 N–H and O–H groups in total. The van der Waals surface area contributed by atoms with E-state index in [1.807, 2.05) is 0 Å². The Morgan fingerprint density at radius 2 is 1.72 bits per heavy atom. The van der Waals surface area contributed by atoms with Gasteiger partial charge in [-0.15, -0.1) is 0 Å². The van der Waals surface area contributed by atoms with Crippen molar-refractivity contribution in [2.75, 3.05) is 13.2 Å². The molecule has 98 valence electrons. The summed E-state index contributed by atoms with van der Waals surface area (Å²) in [5.74, 6) is 2.56. The summed E-state index contributed by atoms with van der Waals surface area (Å²) in [6, 6.07) is 0. The lowest BCUT2D eigenvalue weighted by Gasteiger charge is -2.19. The van der Waals surface area contributed by atoms with Crippen molar-refractivity contribution in [2.45, 2.75) is 50.4 Å². The molecule has 2 aliphatic rings. The topological polar surface area (TPSA) is 65.2 Å². The maximum atomic E-state index is 11.2. The summed E-state index contributed by atoms with van der Waals surface area (Å²) < 4.78 is 10.7. The Hall–Kier alpha value is -1.23. The molecule has 1 aromatic heterocycles. The minimum absolute atomic E-state index is 0.281. The standard InChI is InChI=1S/C13H18N2O3/c16-11-3-1-10(2-4-11)13-14-12(15-18-13)9-5-7-17-8-6-9/h9-10H,1-8H2. The largest absolute Gasteiger partial charge is 0.381 e. The summed E-state index contributed by atoms with van der Waals surface area (Å²) >= 11 is 0. The molecule has 0 spiro atoms. The summed E-state index contributed by atoms with van der Waals surface area (Å²) in [5.41, 5.74) is 0. The van der Waals surface area contributed by atoms with E-state index in [-0.39, 0.29) is 5.92 Å². The van der Waals surface area contributed by atoms with Crippen molar-refractivity contribution >= 4 is 5.78 Å². The van der Waals surface area contributed by atoms with E-state index >= 15 is 0 Å². The molecule has 2 heterocycles. The van der Waals surface area contributed by atoms with E-state index in [9.17, 15) is 4.79 Å². The Kier molecular flexibility index (Phi) is 3.41. The number of hydrogen-bond donors (Lipinski definition) is 0. The highest BCUT2D eigenvalue weighted by Crippen LogP contribution is 2.32. The van der Waals surface area contributed by atoms with Crippen LogP contribution < -0.4 is 0 Å². The van der Waals surface area contributed by atoms with Gasteiger partial charge >= 0.3 is 0 Å². The first-order valence-corrected chi connectivity index (χ1v) is 6.76. The summed E-state index contributed by atoms with van der Waals surface area (Å²) in [5, 5.41) is 4.11. The molecule has 0 atom stereocenters. The molecule has 0 aromatic carbocycles. The lowest BCUT2D eigenvalue weighted by molar-refractivity contribution is -0.120. The third-order valence-corrected chi connectivity index (χ3v) is 3.94. The summed E-state index contributed by atoms with van der Waals surface area (Å²) in [6.45, 7) is 1.57. The normalized spacial score (nSPS) is 23.4. The third-order valence-electron chi connectivity index (χ3n) is 3.94. The highest BCUT2D eigenvalue weighted by Gasteiger charge is 2.27. The van der Waals surface area contributed by atoms with Gasteiger partial charge in [0.15, 0.2) is 5.82 Å². The summed E-state index contributed by atoms with van der Waals surface area (Å²) in [6.07, 6.45) is 4.96. The Bertz CT molecular complexity index is 414. The first kappa shape index (κ1) is 11.8. The first-order valence-electron chi connectivity index (χ1n) is 6.76. The number of hydrogen-bond acceptors (Lipinski definition) is 5. The molecule has 2 fully saturated rings. The van der Waals surface area contributed by atoms with E-state index in [1.54, 1.807) is 0 Å². The van der Waals surface area contributed by atoms with E-state index in [4.69, 9.17) is 9.26 Å². The van der Waals surface area contributed by atoms with E-state index in [2.05, 4.69) is 10.1 Å². The molecule has 18 heavy (non-hydrogen) atoms. The van der Waals surface area contributed by atoms with Crippen molar-refractivity contribution in [3.63, 3.8) is 0 Å². The quantitative estimate of drug-likeness (QED) is 0.805. The number of aromatic nitrogens is 2. The molecule has 5 heteroatoms. The van der Waals surface area contributed by atoms with Crippen LogP contribution in [0.3, 0.4) is 0 Å². The second-order valence-electron chi connectivity index (χ2n) is 5.19. The van der Waals surface area contributed by atoms with Crippen LogP contribution in [0, 0.1) is 0 Å². The van der Waals surface area contributed by atoms with Gasteiger partial charge in [0.25, 0.3) is 0 Å². The average Bonchev–Trinajstić information content (AvgIpc) is 2.90. The highest BCUT2D eigenvalue weighted by molar-refractivity contribution is 5.79. The van der Waals surface area contributed by atoms with E-state index in [1.165, 1.54) is 0 Å². The zero-order chi connectivity index (χ0) is 12.4. The molecule has 0 amide bonds. The van der Waals surface area contributed by atoms with Gasteiger partial charge in [-0.2, -0.15) is 4.98 Å². The van der Waals surface area contributed by atoms with Gasteiger partial charge in [-0.05, 0) is 25.7 Å². The second kappa shape index (κ2) is 5.18. The van der Waals surface area contributed by atoms with Crippen molar-refractivity contribution in [3.8, 4) is 0 Å². The van der Waals surface area contributed by atoms with Gasteiger partial charge in [0.1, 0.15) is 5.78 Å². The number of carbonyl (C=O) groups is 1. The van der Waals surface area contributed by atoms with Crippen LogP contribution >= 0.6 is 0 Å². The maximum absolute atomic E-state index is 11.2. The van der Waals surface area contributed by atoms with Crippen LogP contribution in [-0.2, 0) is 9.53 Å². The SMILES string of the molecule is O=C1CCC(c2nc(C3CCOCC3)no2)CC1. The highest BCUT2D eigenvalue weighted by atomic mass is 16.5. The fraction of sp³-hybridized carbons (Fsp3) is 0.769. The van der Waals surface area contributed by atoms with Crippen LogP contribution in [0.1, 0.15) is 62.1 Å². The molecule has 5 nitrogen and oxygen atoms in total. The summed E-state index contributed by atoms with van der Waals surface area (Å²) in [7, 11) is 0. The fourth-order valence-corrected chi connectivity index (χ4v) is 2.72. The Labute approximate surface area is 106 Å². The predicted molar refractivity (Wildman–Crippen MR) is 63.3 cm³/mol.